The highest BCUT2D eigenvalue weighted by molar-refractivity contribution is 5.45. The van der Waals surface area contributed by atoms with Crippen LogP contribution < -0.4 is 19.9 Å². The predicted octanol–water partition coefficient (Wildman–Crippen LogP) is 3.31. The molecule has 2 aromatic carbocycles. The molecule has 0 aliphatic carbocycles. The van der Waals surface area contributed by atoms with E-state index in [2.05, 4.69) is 13.0 Å². The zero-order chi connectivity index (χ0) is 16.8. The smallest absolute Gasteiger partial charge is 0.126 e. The Morgan fingerprint density at radius 1 is 0.913 bits per heavy atom. The summed E-state index contributed by atoms with van der Waals surface area (Å²) in [4.78, 5) is 0. The predicted molar refractivity (Wildman–Crippen MR) is 92.8 cm³/mol. The fraction of sp³-hybridized carbons (Fsp3) is 0.368. The van der Waals surface area contributed by atoms with Crippen LogP contribution in [0.3, 0.4) is 0 Å². The quantitative estimate of drug-likeness (QED) is 0.852. The molecule has 0 aliphatic rings. The van der Waals surface area contributed by atoms with Crippen LogP contribution in [0.4, 0.5) is 0 Å². The van der Waals surface area contributed by atoms with E-state index in [1.165, 1.54) is 5.56 Å². The van der Waals surface area contributed by atoms with Gasteiger partial charge in [-0.05, 0) is 43.1 Å². The van der Waals surface area contributed by atoms with E-state index < -0.39 is 0 Å². The average molecular weight is 315 g/mol. The zero-order valence-corrected chi connectivity index (χ0v) is 14.3. The minimum absolute atomic E-state index is 0.145. The molecule has 0 aliphatic heterocycles. The van der Waals surface area contributed by atoms with Gasteiger partial charge in [0.25, 0.3) is 0 Å². The number of aryl methyl sites for hydroxylation is 1. The molecular weight excluding hydrogens is 290 g/mol. The maximum Gasteiger partial charge on any atom is 0.126 e. The molecule has 4 nitrogen and oxygen atoms in total. The van der Waals surface area contributed by atoms with Crippen molar-refractivity contribution in [1.29, 1.82) is 0 Å². The maximum absolute atomic E-state index is 6.05. The molecule has 0 radical (unpaired) electrons. The van der Waals surface area contributed by atoms with Gasteiger partial charge in [-0.1, -0.05) is 23.8 Å². The van der Waals surface area contributed by atoms with Gasteiger partial charge in [-0.2, -0.15) is 0 Å². The van der Waals surface area contributed by atoms with Crippen molar-refractivity contribution in [2.75, 3.05) is 27.9 Å². The molecule has 4 heteroatoms. The highest BCUT2D eigenvalue weighted by Crippen LogP contribution is 2.34. The molecule has 2 aromatic rings. The van der Waals surface area contributed by atoms with E-state index in [9.17, 15) is 0 Å². The van der Waals surface area contributed by atoms with E-state index in [0.29, 0.717) is 6.54 Å². The Kier molecular flexibility index (Phi) is 5.88. The van der Waals surface area contributed by atoms with E-state index in [4.69, 9.17) is 19.9 Å². The summed E-state index contributed by atoms with van der Waals surface area (Å²) in [5, 5.41) is 0. The standard InChI is InChI=1S/C19H25NO3/c1-13-5-8-18(22-3)14(9-13)10-15(12-20)17-7-6-16(21-2)11-19(17)23-4/h5-9,11,15H,10,12,20H2,1-4H3. The largest absolute Gasteiger partial charge is 0.497 e. The second-order valence-electron chi connectivity index (χ2n) is 5.56. The number of hydrogen-bond acceptors (Lipinski definition) is 4. The summed E-state index contributed by atoms with van der Waals surface area (Å²) in [7, 11) is 5.01. The minimum atomic E-state index is 0.145. The lowest BCUT2D eigenvalue weighted by Gasteiger charge is -2.20. The van der Waals surface area contributed by atoms with Gasteiger partial charge in [0.05, 0.1) is 21.3 Å². The van der Waals surface area contributed by atoms with Gasteiger partial charge < -0.3 is 19.9 Å². The van der Waals surface area contributed by atoms with Crippen molar-refractivity contribution in [2.45, 2.75) is 19.3 Å². The lowest BCUT2D eigenvalue weighted by molar-refractivity contribution is 0.387. The number of ether oxygens (including phenoxy) is 3. The van der Waals surface area contributed by atoms with Crippen molar-refractivity contribution in [1.82, 2.24) is 0 Å². The molecule has 1 atom stereocenters. The molecular formula is C19H25NO3. The first-order chi connectivity index (χ1) is 11.1. The molecule has 0 aromatic heterocycles. The van der Waals surface area contributed by atoms with Crippen LogP contribution in [0.15, 0.2) is 36.4 Å². The van der Waals surface area contributed by atoms with Crippen molar-refractivity contribution in [3.63, 3.8) is 0 Å². The summed E-state index contributed by atoms with van der Waals surface area (Å²) >= 11 is 0. The number of benzene rings is 2. The van der Waals surface area contributed by atoms with Crippen LogP contribution in [-0.2, 0) is 6.42 Å². The third kappa shape index (κ3) is 3.96. The van der Waals surface area contributed by atoms with Gasteiger partial charge >= 0.3 is 0 Å². The highest BCUT2D eigenvalue weighted by atomic mass is 16.5. The van der Waals surface area contributed by atoms with Crippen molar-refractivity contribution in [3.8, 4) is 17.2 Å². The molecule has 2 N–H and O–H groups in total. The Labute approximate surface area is 138 Å². The third-order valence-corrected chi connectivity index (χ3v) is 4.07. The summed E-state index contributed by atoms with van der Waals surface area (Å²) in [6.07, 6.45) is 0.796. The van der Waals surface area contributed by atoms with Crippen LogP contribution in [0.1, 0.15) is 22.6 Å². The van der Waals surface area contributed by atoms with E-state index in [0.717, 1.165) is 34.8 Å². The first-order valence-electron chi connectivity index (χ1n) is 7.68. The van der Waals surface area contributed by atoms with Crippen molar-refractivity contribution < 1.29 is 14.2 Å². The molecule has 0 fully saturated rings. The van der Waals surface area contributed by atoms with Gasteiger partial charge in [-0.25, -0.2) is 0 Å². The molecule has 23 heavy (non-hydrogen) atoms. The van der Waals surface area contributed by atoms with Crippen LogP contribution in [0.5, 0.6) is 17.2 Å². The third-order valence-electron chi connectivity index (χ3n) is 4.07. The van der Waals surface area contributed by atoms with Crippen LogP contribution in [0, 0.1) is 6.92 Å². The highest BCUT2D eigenvalue weighted by Gasteiger charge is 2.18. The average Bonchev–Trinajstić information content (AvgIpc) is 2.59. The summed E-state index contributed by atoms with van der Waals surface area (Å²) < 4.78 is 16.3. The van der Waals surface area contributed by atoms with E-state index in [1.807, 2.05) is 30.3 Å². The van der Waals surface area contributed by atoms with Crippen molar-refractivity contribution >= 4 is 0 Å². The van der Waals surface area contributed by atoms with E-state index >= 15 is 0 Å². The van der Waals surface area contributed by atoms with Gasteiger partial charge in [0, 0.05) is 12.0 Å². The minimum Gasteiger partial charge on any atom is -0.497 e. The maximum atomic E-state index is 6.05. The monoisotopic (exact) mass is 315 g/mol. The summed E-state index contributed by atoms with van der Waals surface area (Å²) in [5.41, 5.74) is 9.49. The molecule has 0 saturated heterocycles. The molecule has 0 bridgehead atoms. The Balaban J connectivity index is 2.35. The zero-order valence-electron chi connectivity index (χ0n) is 14.3. The molecule has 0 saturated carbocycles. The van der Waals surface area contributed by atoms with Crippen LogP contribution >= 0.6 is 0 Å². The topological polar surface area (TPSA) is 53.7 Å². The molecule has 1 unspecified atom stereocenters. The van der Waals surface area contributed by atoms with Crippen molar-refractivity contribution in [2.24, 2.45) is 5.73 Å². The fourth-order valence-corrected chi connectivity index (χ4v) is 2.81. The number of nitrogens with two attached hydrogens (primary N) is 1. The molecule has 124 valence electrons. The molecule has 2 rings (SSSR count). The van der Waals surface area contributed by atoms with Gasteiger partial charge in [0.15, 0.2) is 0 Å². The van der Waals surface area contributed by atoms with Crippen molar-refractivity contribution in [3.05, 3.63) is 53.1 Å². The summed E-state index contributed by atoms with van der Waals surface area (Å²) in [6.45, 7) is 2.61. The Morgan fingerprint density at radius 2 is 1.65 bits per heavy atom. The van der Waals surface area contributed by atoms with Crippen LogP contribution in [-0.4, -0.2) is 27.9 Å². The Hall–Kier alpha value is -2.20. The molecule has 0 amide bonds. The molecule has 0 heterocycles. The molecule has 0 spiro atoms. The number of rotatable bonds is 7. The second kappa shape index (κ2) is 7.88. The summed E-state index contributed by atoms with van der Waals surface area (Å²) in [5.74, 6) is 2.61. The second-order valence-corrected chi connectivity index (χ2v) is 5.56. The summed E-state index contributed by atoms with van der Waals surface area (Å²) in [6, 6.07) is 12.1. The Bertz CT molecular complexity index is 655. The van der Waals surface area contributed by atoms with Gasteiger partial charge in [-0.15, -0.1) is 0 Å². The van der Waals surface area contributed by atoms with E-state index in [1.54, 1.807) is 21.3 Å². The van der Waals surface area contributed by atoms with Crippen LogP contribution in [0.2, 0.25) is 0 Å². The van der Waals surface area contributed by atoms with Gasteiger partial charge in [0.2, 0.25) is 0 Å². The Morgan fingerprint density at radius 3 is 2.26 bits per heavy atom. The fourth-order valence-electron chi connectivity index (χ4n) is 2.81. The van der Waals surface area contributed by atoms with E-state index in [-0.39, 0.29) is 5.92 Å². The van der Waals surface area contributed by atoms with Gasteiger partial charge in [-0.3, -0.25) is 0 Å². The number of hydrogen-bond donors (Lipinski definition) is 1. The SMILES string of the molecule is COc1ccc(C(CN)Cc2cc(C)ccc2OC)c(OC)c1. The van der Waals surface area contributed by atoms with Gasteiger partial charge in [0.1, 0.15) is 17.2 Å². The first-order valence-corrected chi connectivity index (χ1v) is 7.68. The number of methoxy groups -OCH3 is 3. The lowest BCUT2D eigenvalue weighted by atomic mass is 9.90. The van der Waals surface area contributed by atoms with Crippen LogP contribution in [0.25, 0.3) is 0 Å². The lowest BCUT2D eigenvalue weighted by Crippen LogP contribution is -2.16. The first kappa shape index (κ1) is 17.2. The normalized spacial score (nSPS) is 11.9.